The molecule has 0 aliphatic carbocycles. The fourth-order valence-electron chi connectivity index (χ4n) is 4.40. The number of H-pyrrole nitrogens is 2. The van der Waals surface area contributed by atoms with Crippen LogP contribution >= 0.6 is 0 Å². The minimum absolute atomic E-state index is 0.0353. The van der Waals surface area contributed by atoms with Crippen molar-refractivity contribution in [1.29, 1.82) is 0 Å². The van der Waals surface area contributed by atoms with Gasteiger partial charge in [-0.3, -0.25) is 9.59 Å². The molecule has 3 heterocycles. The van der Waals surface area contributed by atoms with E-state index in [9.17, 15) is 18.4 Å². The number of aryl methyl sites for hydroxylation is 1. The third-order valence-electron chi connectivity index (χ3n) is 6.15. The maximum Gasteiger partial charge on any atom is 0.270 e. The lowest BCUT2D eigenvalue weighted by Crippen LogP contribution is -2.37. The highest BCUT2D eigenvalue weighted by Crippen LogP contribution is 2.34. The van der Waals surface area contributed by atoms with E-state index in [-0.39, 0.29) is 29.9 Å². The van der Waals surface area contributed by atoms with Crippen LogP contribution in [0.25, 0.3) is 21.7 Å². The van der Waals surface area contributed by atoms with Gasteiger partial charge < -0.3 is 19.6 Å². The second-order valence-electron chi connectivity index (χ2n) is 8.06. The number of ether oxygens (including phenoxy) is 1. The second-order valence-corrected chi connectivity index (χ2v) is 8.06. The lowest BCUT2D eigenvalue weighted by molar-refractivity contribution is 0.0333. The minimum atomic E-state index is -1.10. The van der Waals surface area contributed by atoms with Crippen LogP contribution < -0.4 is 5.56 Å². The Morgan fingerprint density at radius 3 is 2.62 bits per heavy atom. The first-order valence-electron chi connectivity index (χ1n) is 10.4. The number of pyridine rings is 1. The third-order valence-corrected chi connectivity index (χ3v) is 6.15. The molecule has 0 saturated carbocycles. The van der Waals surface area contributed by atoms with Gasteiger partial charge in [-0.15, -0.1) is 0 Å². The van der Waals surface area contributed by atoms with Crippen molar-refractivity contribution in [2.24, 2.45) is 0 Å². The van der Waals surface area contributed by atoms with Crippen molar-refractivity contribution >= 4 is 27.6 Å². The number of carbonyl (C=O) groups excluding carboxylic acids is 1. The summed E-state index contributed by atoms with van der Waals surface area (Å²) in [6, 6.07) is 9.12. The van der Waals surface area contributed by atoms with E-state index in [0.717, 1.165) is 29.5 Å². The number of likely N-dealkylation sites (N-methyl/N-ethyl adjacent to an activating group) is 1. The summed E-state index contributed by atoms with van der Waals surface area (Å²) in [5.74, 6) is -2.42. The molecule has 1 atom stereocenters. The predicted molar refractivity (Wildman–Crippen MR) is 117 cm³/mol. The maximum absolute atomic E-state index is 14.1. The highest BCUT2D eigenvalue weighted by Gasteiger charge is 2.32. The lowest BCUT2D eigenvalue weighted by atomic mass is 9.95. The van der Waals surface area contributed by atoms with Crippen molar-refractivity contribution in [3.05, 3.63) is 80.9 Å². The molecule has 0 fully saturated rings. The Labute approximate surface area is 181 Å². The van der Waals surface area contributed by atoms with Crippen molar-refractivity contribution in [2.75, 3.05) is 13.7 Å². The zero-order chi connectivity index (χ0) is 22.6. The normalized spacial score (nSPS) is 15.8. The van der Waals surface area contributed by atoms with Crippen molar-refractivity contribution in [3.63, 3.8) is 0 Å². The van der Waals surface area contributed by atoms with Gasteiger partial charge in [0.15, 0.2) is 11.6 Å². The molecular weight excluding hydrogens is 416 g/mol. The number of aromatic amines is 2. The van der Waals surface area contributed by atoms with E-state index < -0.39 is 23.2 Å². The van der Waals surface area contributed by atoms with Gasteiger partial charge in [0.2, 0.25) is 0 Å². The van der Waals surface area contributed by atoms with Crippen LogP contribution in [0.5, 0.6) is 0 Å². The van der Waals surface area contributed by atoms with Crippen LogP contribution in [0.15, 0.2) is 41.2 Å². The zero-order valence-electron chi connectivity index (χ0n) is 17.6. The van der Waals surface area contributed by atoms with Crippen LogP contribution in [0.2, 0.25) is 0 Å². The van der Waals surface area contributed by atoms with Crippen LogP contribution in [0, 0.1) is 11.6 Å². The number of amides is 1. The van der Waals surface area contributed by atoms with Gasteiger partial charge >= 0.3 is 0 Å². The van der Waals surface area contributed by atoms with Gasteiger partial charge in [0.25, 0.3) is 11.5 Å². The molecule has 164 valence electrons. The van der Waals surface area contributed by atoms with Gasteiger partial charge in [0, 0.05) is 29.2 Å². The Kier molecular flexibility index (Phi) is 4.82. The number of nitrogens with zero attached hydrogens (tertiary/aromatic N) is 1. The first-order valence-corrected chi connectivity index (χ1v) is 10.4. The largest absolute Gasteiger partial charge is 0.373 e. The summed E-state index contributed by atoms with van der Waals surface area (Å²) in [4.78, 5) is 33.1. The van der Waals surface area contributed by atoms with Crippen LogP contribution in [-0.2, 0) is 17.8 Å². The number of carbonyl (C=O) groups is 1. The molecule has 0 bridgehead atoms. The molecule has 1 amide bonds. The van der Waals surface area contributed by atoms with E-state index in [1.165, 1.54) is 10.5 Å². The van der Waals surface area contributed by atoms with Crippen LogP contribution in [0.1, 0.15) is 40.3 Å². The summed E-state index contributed by atoms with van der Waals surface area (Å²) in [6.45, 7) is 2.34. The summed E-state index contributed by atoms with van der Waals surface area (Å²) >= 11 is 0. The van der Waals surface area contributed by atoms with Gasteiger partial charge in [-0.1, -0.05) is 13.0 Å². The number of hydrogen-bond acceptors (Lipinski definition) is 3. The van der Waals surface area contributed by atoms with Gasteiger partial charge in [-0.25, -0.2) is 8.78 Å². The summed E-state index contributed by atoms with van der Waals surface area (Å²) in [5.41, 5.74) is 2.92. The summed E-state index contributed by atoms with van der Waals surface area (Å²) < 4.78 is 33.5. The molecule has 5 rings (SSSR count). The number of fused-ring (bicyclic) bond motifs is 4. The molecule has 2 aromatic carbocycles. The van der Waals surface area contributed by atoms with Crippen LogP contribution in [0.3, 0.4) is 0 Å². The molecular formula is C24H21F2N3O3. The first-order chi connectivity index (χ1) is 15.4. The van der Waals surface area contributed by atoms with Crippen molar-refractivity contribution in [3.8, 4) is 0 Å². The number of halogens is 2. The van der Waals surface area contributed by atoms with Gasteiger partial charge in [0.05, 0.1) is 24.6 Å². The van der Waals surface area contributed by atoms with E-state index in [1.54, 1.807) is 13.1 Å². The Morgan fingerprint density at radius 2 is 1.88 bits per heavy atom. The van der Waals surface area contributed by atoms with Gasteiger partial charge in [-0.05, 0) is 47.7 Å². The second kappa shape index (κ2) is 7.56. The van der Waals surface area contributed by atoms with Crippen molar-refractivity contribution in [1.82, 2.24) is 14.9 Å². The highest BCUT2D eigenvalue weighted by atomic mass is 19.2. The smallest absolute Gasteiger partial charge is 0.270 e. The molecule has 32 heavy (non-hydrogen) atoms. The molecule has 0 unspecified atom stereocenters. The quantitative estimate of drug-likeness (QED) is 0.505. The molecule has 1 aliphatic rings. The number of nitrogens with one attached hydrogen (secondary N) is 2. The molecule has 8 heteroatoms. The van der Waals surface area contributed by atoms with Crippen molar-refractivity contribution in [2.45, 2.75) is 26.0 Å². The van der Waals surface area contributed by atoms with E-state index in [0.29, 0.717) is 17.0 Å². The predicted octanol–water partition coefficient (Wildman–Crippen LogP) is 4.19. The van der Waals surface area contributed by atoms with E-state index in [4.69, 9.17) is 4.74 Å². The molecule has 0 spiro atoms. The monoisotopic (exact) mass is 437 g/mol. The Morgan fingerprint density at radius 1 is 1.12 bits per heavy atom. The fraction of sp³-hybridized carbons (Fsp3) is 0.250. The third kappa shape index (κ3) is 3.18. The molecule has 1 aliphatic heterocycles. The number of rotatable bonds is 3. The first kappa shape index (κ1) is 20.4. The fourth-order valence-corrected chi connectivity index (χ4v) is 4.40. The number of hydrogen-bond donors (Lipinski definition) is 2. The standard InChI is InChI=1S/C24H21F2N3O3/c1-3-12-4-5-18-13(6-12)7-19(27-18)24(31)29(2)21-11-32-10-20-22(21)14-8-16(25)17(26)9-15(14)23(30)28-20/h4-9,21,27H,3,10-11H2,1-2H3,(H,28,30)/t21-/m0/s1. The lowest BCUT2D eigenvalue weighted by Gasteiger charge is -2.33. The summed E-state index contributed by atoms with van der Waals surface area (Å²) in [6.07, 6.45) is 0.892. The molecule has 0 radical (unpaired) electrons. The average molecular weight is 437 g/mol. The summed E-state index contributed by atoms with van der Waals surface area (Å²) in [5, 5.41) is 1.25. The molecule has 4 aromatic rings. The van der Waals surface area contributed by atoms with E-state index in [1.807, 2.05) is 18.2 Å². The molecule has 0 saturated heterocycles. The van der Waals surface area contributed by atoms with Crippen LogP contribution in [0.4, 0.5) is 8.78 Å². The summed E-state index contributed by atoms with van der Waals surface area (Å²) in [7, 11) is 1.63. The SMILES string of the molecule is CCc1ccc2[nH]c(C(=O)N(C)[C@H]3COCc4[nH]c(=O)c5cc(F)c(F)cc5c43)cc2c1. The molecule has 2 aromatic heterocycles. The number of benzene rings is 2. The Balaban J connectivity index is 1.59. The van der Waals surface area contributed by atoms with Gasteiger partial charge in [0.1, 0.15) is 5.69 Å². The van der Waals surface area contributed by atoms with E-state index in [2.05, 4.69) is 16.9 Å². The van der Waals surface area contributed by atoms with E-state index >= 15 is 0 Å². The molecule has 6 nitrogen and oxygen atoms in total. The Bertz CT molecular complexity index is 1440. The van der Waals surface area contributed by atoms with Gasteiger partial charge in [-0.2, -0.15) is 0 Å². The highest BCUT2D eigenvalue weighted by molar-refractivity contribution is 5.98. The Hall–Kier alpha value is -3.52. The van der Waals surface area contributed by atoms with Crippen molar-refractivity contribution < 1.29 is 18.3 Å². The number of aromatic nitrogens is 2. The average Bonchev–Trinajstić information content (AvgIpc) is 3.22. The molecule has 2 N–H and O–H groups in total. The minimum Gasteiger partial charge on any atom is -0.373 e. The van der Waals surface area contributed by atoms with Crippen LogP contribution in [-0.4, -0.2) is 34.4 Å². The maximum atomic E-state index is 14.1. The zero-order valence-corrected chi connectivity index (χ0v) is 17.6. The topological polar surface area (TPSA) is 78.2 Å².